The first-order valence-electron chi connectivity index (χ1n) is 9.63. The molecule has 0 bridgehead atoms. The molecule has 0 N–H and O–H groups in total. The lowest BCUT2D eigenvalue weighted by Crippen LogP contribution is -2.37. The molecule has 2 heterocycles. The zero-order valence-electron chi connectivity index (χ0n) is 17.7. The Bertz CT molecular complexity index is 969. The monoisotopic (exact) mass is 469 g/mol. The molecule has 0 aliphatic carbocycles. The first-order valence-corrected chi connectivity index (χ1v) is 11.4. The van der Waals surface area contributed by atoms with E-state index in [2.05, 4.69) is 4.98 Å². The van der Waals surface area contributed by atoms with Gasteiger partial charge in [-0.05, 0) is 39.3 Å². The molecule has 6 nitrogen and oxygen atoms in total. The van der Waals surface area contributed by atoms with Crippen LogP contribution < -0.4 is 0 Å². The zero-order valence-corrected chi connectivity index (χ0v) is 20.0. The Labute approximate surface area is 191 Å². The van der Waals surface area contributed by atoms with Gasteiger partial charge < -0.3 is 9.15 Å². The number of halogens is 2. The molecule has 2 aromatic rings. The van der Waals surface area contributed by atoms with Crippen LogP contribution in [0.2, 0.25) is 10.0 Å². The van der Waals surface area contributed by atoms with Crippen LogP contribution in [0.15, 0.2) is 27.6 Å². The Morgan fingerprint density at radius 2 is 2.10 bits per heavy atom. The van der Waals surface area contributed by atoms with Gasteiger partial charge in [-0.15, -0.1) is 0 Å². The molecule has 0 spiro atoms. The largest absolute Gasteiger partial charge is 0.446 e. The smallest absolute Gasteiger partial charge is 0.416 e. The van der Waals surface area contributed by atoms with Gasteiger partial charge in [-0.2, -0.15) is 0 Å². The van der Waals surface area contributed by atoms with E-state index in [9.17, 15) is 4.79 Å². The number of carbonyl (C=O) groups excluding carboxylic acids is 1. The minimum atomic E-state index is -0.583. The maximum absolute atomic E-state index is 12.7. The van der Waals surface area contributed by atoms with Crippen molar-refractivity contribution in [2.75, 3.05) is 12.3 Å². The van der Waals surface area contributed by atoms with Crippen molar-refractivity contribution in [2.45, 2.75) is 52.7 Å². The molecule has 1 aliphatic heterocycles. The predicted octanol–water partition coefficient (Wildman–Crippen LogP) is 6.22. The highest BCUT2D eigenvalue weighted by molar-refractivity contribution is 8.14. The van der Waals surface area contributed by atoms with Gasteiger partial charge in [-0.25, -0.2) is 9.78 Å². The Hall–Kier alpha value is -1.70. The van der Waals surface area contributed by atoms with Crippen molar-refractivity contribution in [1.82, 2.24) is 9.88 Å². The van der Waals surface area contributed by atoms with Crippen LogP contribution in [0.5, 0.6) is 0 Å². The number of thioether (sulfide) groups is 1. The van der Waals surface area contributed by atoms with Crippen LogP contribution in [0.4, 0.5) is 4.79 Å². The number of nitrogens with zero attached hydrogens (tertiary/aromatic N) is 3. The summed E-state index contributed by atoms with van der Waals surface area (Å²) < 4.78 is 11.1. The number of benzene rings is 1. The Balaban J connectivity index is 1.98. The number of hydrogen-bond acceptors (Lipinski definition) is 6. The maximum atomic E-state index is 12.7. The van der Waals surface area contributed by atoms with E-state index in [1.54, 1.807) is 17.9 Å². The first kappa shape index (κ1) is 23.0. The van der Waals surface area contributed by atoms with Gasteiger partial charge in [0.2, 0.25) is 0 Å². The molecule has 162 valence electrons. The SMILES string of the molecule is Cc1nc(CC(/N=C2/SCCN2C(=O)OC(C)(C)C)c2cccc(Cl)c2Cl)c(C)o1. The summed E-state index contributed by atoms with van der Waals surface area (Å²) in [6.07, 6.45) is 0.0609. The third kappa shape index (κ3) is 5.50. The second kappa shape index (κ2) is 9.20. The van der Waals surface area contributed by atoms with Gasteiger partial charge in [-0.3, -0.25) is 9.89 Å². The highest BCUT2D eigenvalue weighted by Crippen LogP contribution is 2.35. The predicted molar refractivity (Wildman–Crippen MR) is 122 cm³/mol. The standard InChI is InChI=1S/C21H25Cl2N3O3S/c1-12-16(24-13(2)28-12)11-17(14-7-6-8-15(22)18(14)23)25-19-26(9-10-30-19)20(27)29-21(3,4)5/h6-8,17H,9-11H2,1-5H3/b25-19+. The molecule has 1 fully saturated rings. The van der Waals surface area contributed by atoms with Crippen molar-refractivity contribution in [1.29, 1.82) is 0 Å². The van der Waals surface area contributed by atoms with Gasteiger partial charge in [-0.1, -0.05) is 47.1 Å². The van der Waals surface area contributed by atoms with Crippen molar-refractivity contribution >= 4 is 46.2 Å². The van der Waals surface area contributed by atoms with E-state index in [1.807, 2.05) is 39.8 Å². The Morgan fingerprint density at radius 3 is 2.73 bits per heavy atom. The number of oxazole rings is 1. The second-order valence-electron chi connectivity index (χ2n) is 7.99. The lowest BCUT2D eigenvalue weighted by Gasteiger charge is -2.25. The number of amidine groups is 1. The van der Waals surface area contributed by atoms with E-state index in [1.165, 1.54) is 11.8 Å². The molecule has 1 aromatic heterocycles. The van der Waals surface area contributed by atoms with E-state index in [0.29, 0.717) is 34.1 Å². The fourth-order valence-electron chi connectivity index (χ4n) is 3.08. The molecule has 0 saturated carbocycles. The lowest BCUT2D eigenvalue weighted by atomic mass is 10.0. The van der Waals surface area contributed by atoms with Gasteiger partial charge in [0.25, 0.3) is 0 Å². The molecule has 0 radical (unpaired) electrons. The number of aliphatic imine (C=N–C) groups is 1. The summed E-state index contributed by atoms with van der Waals surface area (Å²) in [5.41, 5.74) is 0.985. The summed E-state index contributed by atoms with van der Waals surface area (Å²) in [7, 11) is 0. The molecular weight excluding hydrogens is 445 g/mol. The number of amides is 1. The molecule has 1 saturated heterocycles. The fraction of sp³-hybridized carbons (Fsp3) is 0.476. The number of aromatic nitrogens is 1. The summed E-state index contributed by atoms with van der Waals surface area (Å²) in [5, 5.41) is 1.50. The average Bonchev–Trinajstić information content (AvgIpc) is 3.21. The van der Waals surface area contributed by atoms with E-state index in [0.717, 1.165) is 22.8 Å². The quantitative estimate of drug-likeness (QED) is 0.531. The fourth-order valence-corrected chi connectivity index (χ4v) is 4.49. The van der Waals surface area contributed by atoms with Crippen LogP contribution in [0.25, 0.3) is 0 Å². The summed E-state index contributed by atoms with van der Waals surface area (Å²) in [4.78, 5) is 23.6. The van der Waals surface area contributed by atoms with Crippen molar-refractivity contribution in [3.63, 3.8) is 0 Å². The minimum absolute atomic E-state index is 0.384. The summed E-state index contributed by atoms with van der Waals surface area (Å²) in [6.45, 7) is 9.74. The third-order valence-corrected chi connectivity index (χ3v) is 6.19. The van der Waals surface area contributed by atoms with Crippen LogP contribution in [-0.4, -0.2) is 39.0 Å². The second-order valence-corrected chi connectivity index (χ2v) is 9.84. The van der Waals surface area contributed by atoms with Crippen LogP contribution >= 0.6 is 35.0 Å². The minimum Gasteiger partial charge on any atom is -0.446 e. The summed E-state index contributed by atoms with van der Waals surface area (Å²) in [5.74, 6) is 2.08. The van der Waals surface area contributed by atoms with Crippen LogP contribution in [0, 0.1) is 13.8 Å². The Morgan fingerprint density at radius 1 is 1.37 bits per heavy atom. The molecule has 1 unspecified atom stereocenters. The molecule has 1 amide bonds. The first-order chi connectivity index (χ1) is 14.0. The van der Waals surface area contributed by atoms with Crippen molar-refractivity contribution in [3.05, 3.63) is 51.2 Å². The number of carbonyl (C=O) groups is 1. The molecular formula is C21H25Cl2N3O3S. The lowest BCUT2D eigenvalue weighted by molar-refractivity contribution is 0.0385. The van der Waals surface area contributed by atoms with Gasteiger partial charge in [0.05, 0.1) is 21.8 Å². The highest BCUT2D eigenvalue weighted by Gasteiger charge is 2.31. The molecule has 1 atom stereocenters. The van der Waals surface area contributed by atoms with Gasteiger partial charge in [0, 0.05) is 25.6 Å². The molecule has 30 heavy (non-hydrogen) atoms. The normalized spacial score (nSPS) is 16.9. The number of rotatable bonds is 4. The van der Waals surface area contributed by atoms with Crippen molar-refractivity contribution in [3.8, 4) is 0 Å². The van der Waals surface area contributed by atoms with Crippen molar-refractivity contribution < 1.29 is 13.9 Å². The van der Waals surface area contributed by atoms with Gasteiger partial charge >= 0.3 is 6.09 Å². The number of hydrogen-bond donors (Lipinski definition) is 0. The van der Waals surface area contributed by atoms with Crippen LogP contribution in [0.3, 0.4) is 0 Å². The summed E-state index contributed by atoms with van der Waals surface area (Å²) in [6, 6.07) is 5.08. The topological polar surface area (TPSA) is 67.9 Å². The zero-order chi connectivity index (χ0) is 22.1. The van der Waals surface area contributed by atoms with E-state index in [-0.39, 0.29) is 6.04 Å². The highest BCUT2D eigenvalue weighted by atomic mass is 35.5. The van der Waals surface area contributed by atoms with Crippen molar-refractivity contribution in [2.24, 2.45) is 4.99 Å². The number of aryl methyl sites for hydroxylation is 2. The van der Waals surface area contributed by atoms with E-state index < -0.39 is 11.7 Å². The van der Waals surface area contributed by atoms with E-state index >= 15 is 0 Å². The molecule has 9 heteroatoms. The third-order valence-electron chi connectivity index (χ3n) is 4.38. The van der Waals surface area contributed by atoms with Gasteiger partial charge in [0.1, 0.15) is 11.4 Å². The number of ether oxygens (including phenoxy) is 1. The Kier molecular flexibility index (Phi) is 7.05. The van der Waals surface area contributed by atoms with Crippen LogP contribution in [0.1, 0.15) is 49.7 Å². The van der Waals surface area contributed by atoms with Gasteiger partial charge in [0.15, 0.2) is 11.1 Å². The summed E-state index contributed by atoms with van der Waals surface area (Å²) >= 11 is 14.3. The molecule has 3 rings (SSSR count). The average molecular weight is 470 g/mol. The van der Waals surface area contributed by atoms with E-state index in [4.69, 9.17) is 37.3 Å². The molecule has 1 aromatic carbocycles. The van der Waals surface area contributed by atoms with Crippen LogP contribution in [-0.2, 0) is 11.2 Å². The maximum Gasteiger partial charge on any atom is 0.416 e. The molecule has 1 aliphatic rings.